The molecule has 8 atom stereocenters. The van der Waals surface area contributed by atoms with Gasteiger partial charge in [-0.15, -0.1) is 0 Å². The molecule has 0 amide bonds. The fourth-order valence-electron chi connectivity index (χ4n) is 6.85. The Morgan fingerprint density at radius 1 is 0.962 bits per heavy atom. The normalized spacial score (nSPS) is 52.7. The van der Waals surface area contributed by atoms with Gasteiger partial charge in [-0.1, -0.05) is 27.2 Å². The molecule has 3 aliphatic rings. The maximum atomic E-state index is 12.0. The van der Waals surface area contributed by atoms with Gasteiger partial charge in [-0.3, -0.25) is 0 Å². The minimum atomic E-state index is -1.56. The number of rotatable bonds is 0. The summed E-state index contributed by atoms with van der Waals surface area (Å²) in [6, 6.07) is 1.58. The molecule has 2 fully saturated rings. The minimum absolute atomic E-state index is 0.230. The molecule has 0 saturated heterocycles. The number of furan rings is 1. The Morgan fingerprint density at radius 2 is 1.58 bits per heavy atom. The Balaban J connectivity index is 2.00. The van der Waals surface area contributed by atoms with Crippen LogP contribution in [0, 0.1) is 22.7 Å². The molecular weight excluding hydrogens is 336 g/mol. The summed E-state index contributed by atoms with van der Waals surface area (Å²) in [6.45, 7) is 7.23. The lowest BCUT2D eigenvalue weighted by atomic mass is 9.39. The molecule has 1 aromatic rings. The van der Waals surface area contributed by atoms with E-state index in [9.17, 15) is 25.5 Å². The number of hydrogen-bond acceptors (Lipinski definition) is 6. The maximum absolute atomic E-state index is 12.0. The van der Waals surface area contributed by atoms with Gasteiger partial charge in [0.15, 0.2) is 0 Å². The van der Waals surface area contributed by atoms with Crippen molar-refractivity contribution in [3.8, 4) is 0 Å². The van der Waals surface area contributed by atoms with Gasteiger partial charge in [0.05, 0.1) is 29.7 Å². The van der Waals surface area contributed by atoms with Gasteiger partial charge in [0, 0.05) is 22.8 Å². The Bertz CT molecular complexity index is 724. The summed E-state index contributed by atoms with van der Waals surface area (Å²) in [7, 11) is 0. The van der Waals surface area contributed by atoms with Gasteiger partial charge in [0.2, 0.25) is 0 Å². The predicted octanol–water partition coefficient (Wildman–Crippen LogP) is 1.45. The molecule has 6 nitrogen and oxygen atoms in total. The molecular formula is C20H30O6. The maximum Gasteiger partial charge on any atom is 0.139 e. The molecule has 1 aromatic heterocycles. The molecule has 4 rings (SSSR count). The predicted molar refractivity (Wildman–Crippen MR) is 92.9 cm³/mol. The Hall–Kier alpha value is -0.920. The summed E-state index contributed by atoms with van der Waals surface area (Å²) in [5.74, 6) is -1.34. The highest BCUT2D eigenvalue weighted by atomic mass is 16.4. The first kappa shape index (κ1) is 18.4. The first-order chi connectivity index (χ1) is 11.9. The number of aliphatic hydroxyl groups is 5. The zero-order valence-corrected chi connectivity index (χ0v) is 15.8. The van der Waals surface area contributed by atoms with Crippen LogP contribution in [0.25, 0.3) is 0 Å². The summed E-state index contributed by atoms with van der Waals surface area (Å²) in [5.41, 5.74) is -4.31. The largest absolute Gasteiger partial charge is 0.466 e. The summed E-state index contributed by atoms with van der Waals surface area (Å²) in [4.78, 5) is 0. The van der Waals surface area contributed by atoms with E-state index in [1.807, 2.05) is 13.8 Å². The summed E-state index contributed by atoms with van der Waals surface area (Å²) in [5, 5.41) is 56.7. The summed E-state index contributed by atoms with van der Waals surface area (Å²) in [6.07, 6.45) is -0.329. The van der Waals surface area contributed by atoms with E-state index in [4.69, 9.17) is 4.42 Å². The zero-order chi connectivity index (χ0) is 19.3. The topological polar surface area (TPSA) is 114 Å². The average molecular weight is 366 g/mol. The van der Waals surface area contributed by atoms with Crippen LogP contribution in [0.2, 0.25) is 0 Å². The highest BCUT2D eigenvalue weighted by molar-refractivity contribution is 5.37. The molecule has 8 unspecified atom stereocenters. The van der Waals surface area contributed by atoms with Gasteiger partial charge in [-0.2, -0.15) is 0 Å². The highest BCUT2D eigenvalue weighted by Crippen LogP contribution is 2.69. The SMILES string of the molecule is CC1(C)CCCC2(O)C1C(O)C(O)C1C(C)(O)c3ccoc3C(O)C12C. The van der Waals surface area contributed by atoms with Crippen LogP contribution in [0.3, 0.4) is 0 Å². The van der Waals surface area contributed by atoms with E-state index in [0.29, 0.717) is 12.0 Å². The van der Waals surface area contributed by atoms with Crippen LogP contribution >= 0.6 is 0 Å². The molecule has 0 radical (unpaired) electrons. The Kier molecular flexibility index (Phi) is 3.63. The molecule has 3 aliphatic carbocycles. The fraction of sp³-hybridized carbons (Fsp3) is 0.800. The van der Waals surface area contributed by atoms with Crippen LogP contribution in [0.15, 0.2) is 16.7 Å². The van der Waals surface area contributed by atoms with Crippen molar-refractivity contribution < 1.29 is 29.9 Å². The number of fused-ring (bicyclic) bond motifs is 4. The Labute approximate surface area is 153 Å². The molecule has 26 heavy (non-hydrogen) atoms. The van der Waals surface area contributed by atoms with Crippen molar-refractivity contribution >= 4 is 0 Å². The average Bonchev–Trinajstić information content (AvgIpc) is 3.01. The molecule has 2 saturated carbocycles. The standard InChI is InChI=1S/C20H30O6/c1-17(2)7-5-8-20(25)14(17)11(21)12(22)15-18(20,3)16(23)13-10(6-9-26-13)19(15,4)24/h6,9,11-12,14-16,21-25H,5,7-8H2,1-4H3. The molecule has 0 bridgehead atoms. The van der Waals surface area contributed by atoms with Crippen molar-refractivity contribution in [2.75, 3.05) is 0 Å². The van der Waals surface area contributed by atoms with E-state index in [-0.39, 0.29) is 5.76 Å². The summed E-state index contributed by atoms with van der Waals surface area (Å²) >= 11 is 0. The van der Waals surface area contributed by atoms with Gasteiger partial charge in [-0.05, 0) is 31.2 Å². The van der Waals surface area contributed by atoms with Crippen LogP contribution in [0.1, 0.15) is 64.4 Å². The fourth-order valence-corrected chi connectivity index (χ4v) is 6.85. The zero-order valence-electron chi connectivity index (χ0n) is 15.8. The van der Waals surface area contributed by atoms with E-state index < -0.39 is 52.2 Å². The third-order valence-electron chi connectivity index (χ3n) is 8.01. The molecule has 146 valence electrons. The first-order valence-corrected chi connectivity index (χ1v) is 9.47. The lowest BCUT2D eigenvalue weighted by Gasteiger charge is -2.69. The van der Waals surface area contributed by atoms with Crippen molar-refractivity contribution in [1.82, 2.24) is 0 Å². The minimum Gasteiger partial charge on any atom is -0.466 e. The van der Waals surface area contributed by atoms with Crippen LogP contribution in [-0.4, -0.2) is 43.3 Å². The van der Waals surface area contributed by atoms with E-state index in [2.05, 4.69) is 0 Å². The van der Waals surface area contributed by atoms with Gasteiger partial charge in [0.1, 0.15) is 11.9 Å². The summed E-state index contributed by atoms with van der Waals surface area (Å²) < 4.78 is 5.49. The van der Waals surface area contributed by atoms with E-state index >= 15 is 0 Å². The number of aliphatic hydroxyl groups excluding tert-OH is 3. The van der Waals surface area contributed by atoms with Crippen LogP contribution in [-0.2, 0) is 5.60 Å². The van der Waals surface area contributed by atoms with Crippen LogP contribution in [0.5, 0.6) is 0 Å². The third kappa shape index (κ3) is 1.85. The third-order valence-corrected chi connectivity index (χ3v) is 8.01. The van der Waals surface area contributed by atoms with Crippen LogP contribution < -0.4 is 0 Å². The first-order valence-electron chi connectivity index (χ1n) is 9.47. The molecule has 1 heterocycles. The van der Waals surface area contributed by atoms with Gasteiger partial charge >= 0.3 is 0 Å². The second-order valence-electron chi connectivity index (χ2n) is 9.73. The smallest absolute Gasteiger partial charge is 0.139 e. The van der Waals surface area contributed by atoms with E-state index in [1.54, 1.807) is 19.9 Å². The quantitative estimate of drug-likeness (QED) is 0.475. The second kappa shape index (κ2) is 5.11. The molecule has 5 N–H and O–H groups in total. The Morgan fingerprint density at radius 3 is 2.23 bits per heavy atom. The molecule has 0 aromatic carbocycles. The second-order valence-corrected chi connectivity index (χ2v) is 9.73. The molecule has 0 aliphatic heterocycles. The highest BCUT2D eigenvalue weighted by Gasteiger charge is 2.75. The molecule has 0 spiro atoms. The van der Waals surface area contributed by atoms with Crippen molar-refractivity contribution in [3.05, 3.63) is 23.7 Å². The lowest BCUT2D eigenvalue weighted by Crippen LogP contribution is -2.76. The van der Waals surface area contributed by atoms with E-state index in [1.165, 1.54) is 6.26 Å². The lowest BCUT2D eigenvalue weighted by molar-refractivity contribution is -0.339. The van der Waals surface area contributed by atoms with Crippen molar-refractivity contribution in [2.45, 2.75) is 76.5 Å². The van der Waals surface area contributed by atoms with Crippen molar-refractivity contribution in [2.24, 2.45) is 22.7 Å². The van der Waals surface area contributed by atoms with Crippen LogP contribution in [0.4, 0.5) is 0 Å². The van der Waals surface area contributed by atoms with Crippen molar-refractivity contribution in [3.63, 3.8) is 0 Å². The van der Waals surface area contributed by atoms with Gasteiger partial charge < -0.3 is 29.9 Å². The monoisotopic (exact) mass is 366 g/mol. The van der Waals surface area contributed by atoms with Crippen molar-refractivity contribution in [1.29, 1.82) is 0 Å². The van der Waals surface area contributed by atoms with Gasteiger partial charge in [-0.25, -0.2) is 0 Å². The molecule has 6 heteroatoms. The number of hydrogen-bond donors (Lipinski definition) is 5. The van der Waals surface area contributed by atoms with E-state index in [0.717, 1.165) is 12.8 Å². The van der Waals surface area contributed by atoms with Gasteiger partial charge in [0.25, 0.3) is 0 Å².